The zero-order valence-electron chi connectivity index (χ0n) is 10.3. The van der Waals surface area contributed by atoms with E-state index in [2.05, 4.69) is 33.1 Å². The topological polar surface area (TPSA) is 12.0 Å². The summed E-state index contributed by atoms with van der Waals surface area (Å²) < 4.78 is 0. The van der Waals surface area contributed by atoms with Gasteiger partial charge in [-0.25, -0.2) is 0 Å². The summed E-state index contributed by atoms with van der Waals surface area (Å²) in [6.07, 6.45) is 7.06. The molecule has 0 amide bonds. The van der Waals surface area contributed by atoms with Crippen LogP contribution in [0.1, 0.15) is 52.9 Å². The molecule has 0 radical (unpaired) electrons. The lowest BCUT2D eigenvalue weighted by Crippen LogP contribution is -2.35. The summed E-state index contributed by atoms with van der Waals surface area (Å²) in [5.74, 6) is 2.79. The van der Waals surface area contributed by atoms with Crippen LogP contribution in [0.5, 0.6) is 0 Å². The highest BCUT2D eigenvalue weighted by Gasteiger charge is 2.28. The molecule has 0 aromatic rings. The molecule has 1 fully saturated rings. The first kappa shape index (κ1) is 12.0. The largest absolute Gasteiger partial charge is 0.317 e. The number of rotatable bonds is 4. The van der Waals surface area contributed by atoms with Crippen LogP contribution in [0.3, 0.4) is 0 Å². The third-order valence-corrected chi connectivity index (χ3v) is 4.06. The summed E-state index contributed by atoms with van der Waals surface area (Å²) in [4.78, 5) is 0. The first-order valence-corrected chi connectivity index (χ1v) is 6.36. The number of hydrogen-bond donors (Lipinski definition) is 1. The maximum absolute atomic E-state index is 3.45. The highest BCUT2D eigenvalue weighted by Crippen LogP contribution is 2.35. The second-order valence-electron chi connectivity index (χ2n) is 5.23. The van der Waals surface area contributed by atoms with Gasteiger partial charge in [0.1, 0.15) is 0 Å². The third kappa shape index (κ3) is 2.98. The van der Waals surface area contributed by atoms with Gasteiger partial charge in [0.2, 0.25) is 0 Å². The Morgan fingerprint density at radius 2 is 2.00 bits per heavy atom. The van der Waals surface area contributed by atoms with E-state index in [1.54, 1.807) is 0 Å². The Balaban J connectivity index is 2.48. The fourth-order valence-electron chi connectivity index (χ4n) is 3.23. The summed E-state index contributed by atoms with van der Waals surface area (Å²) in [6, 6.07) is 0.793. The molecule has 14 heavy (non-hydrogen) atoms. The molecule has 0 saturated heterocycles. The van der Waals surface area contributed by atoms with Gasteiger partial charge >= 0.3 is 0 Å². The van der Waals surface area contributed by atoms with E-state index in [-0.39, 0.29) is 0 Å². The summed E-state index contributed by atoms with van der Waals surface area (Å²) in [6.45, 7) is 7.13. The molecule has 0 aromatic carbocycles. The van der Waals surface area contributed by atoms with Gasteiger partial charge in [-0.1, -0.05) is 40.0 Å². The molecule has 0 aromatic heterocycles. The lowest BCUT2D eigenvalue weighted by molar-refractivity contribution is 0.169. The monoisotopic (exact) mass is 197 g/mol. The van der Waals surface area contributed by atoms with Crippen molar-refractivity contribution in [3.8, 4) is 0 Å². The summed E-state index contributed by atoms with van der Waals surface area (Å²) in [5.41, 5.74) is 0. The van der Waals surface area contributed by atoms with Crippen molar-refractivity contribution >= 4 is 0 Å². The molecule has 1 rings (SSSR count). The molecule has 1 aliphatic carbocycles. The van der Waals surface area contributed by atoms with E-state index in [0.29, 0.717) is 0 Å². The third-order valence-electron chi connectivity index (χ3n) is 4.06. The SMILES string of the molecule is CCC(C(C)C)C1CCCC(NC)C1. The normalized spacial score (nSPS) is 30.6. The van der Waals surface area contributed by atoms with Crippen molar-refractivity contribution in [2.45, 2.75) is 58.9 Å². The summed E-state index contributed by atoms with van der Waals surface area (Å²) >= 11 is 0. The van der Waals surface area contributed by atoms with Gasteiger partial charge in [-0.15, -0.1) is 0 Å². The Hall–Kier alpha value is -0.0400. The summed E-state index contributed by atoms with van der Waals surface area (Å²) in [7, 11) is 2.11. The molecule has 1 N–H and O–H groups in total. The predicted molar refractivity (Wildman–Crippen MR) is 63.4 cm³/mol. The van der Waals surface area contributed by atoms with Crippen LogP contribution in [0, 0.1) is 17.8 Å². The van der Waals surface area contributed by atoms with Crippen LogP contribution in [-0.2, 0) is 0 Å². The van der Waals surface area contributed by atoms with Crippen molar-refractivity contribution in [3.63, 3.8) is 0 Å². The van der Waals surface area contributed by atoms with E-state index in [0.717, 1.165) is 23.8 Å². The average Bonchev–Trinajstić information content (AvgIpc) is 2.19. The maximum atomic E-state index is 3.45. The van der Waals surface area contributed by atoms with Gasteiger partial charge in [-0.05, 0) is 37.6 Å². The van der Waals surface area contributed by atoms with Crippen LogP contribution in [0.25, 0.3) is 0 Å². The molecule has 0 spiro atoms. The molecular formula is C13H27N. The van der Waals surface area contributed by atoms with Gasteiger partial charge in [0.05, 0.1) is 0 Å². The van der Waals surface area contributed by atoms with Crippen molar-refractivity contribution in [2.75, 3.05) is 7.05 Å². The minimum absolute atomic E-state index is 0.793. The Labute approximate surface area is 89.7 Å². The second-order valence-corrected chi connectivity index (χ2v) is 5.23. The van der Waals surface area contributed by atoms with E-state index < -0.39 is 0 Å². The summed E-state index contributed by atoms with van der Waals surface area (Å²) in [5, 5.41) is 3.45. The van der Waals surface area contributed by atoms with Gasteiger partial charge in [0, 0.05) is 6.04 Å². The minimum atomic E-state index is 0.793. The lowest BCUT2D eigenvalue weighted by atomic mass is 9.72. The standard InChI is InChI=1S/C13H27N/c1-5-13(10(2)3)11-7-6-8-12(9-11)14-4/h10-14H,5-9H2,1-4H3. The fourth-order valence-corrected chi connectivity index (χ4v) is 3.23. The number of nitrogens with one attached hydrogen (secondary N) is 1. The Morgan fingerprint density at radius 3 is 2.50 bits per heavy atom. The zero-order valence-corrected chi connectivity index (χ0v) is 10.3. The van der Waals surface area contributed by atoms with Crippen molar-refractivity contribution in [2.24, 2.45) is 17.8 Å². The predicted octanol–water partition coefficient (Wildman–Crippen LogP) is 3.45. The van der Waals surface area contributed by atoms with Crippen molar-refractivity contribution in [1.29, 1.82) is 0 Å². The van der Waals surface area contributed by atoms with Crippen LogP contribution >= 0.6 is 0 Å². The van der Waals surface area contributed by atoms with Crippen LogP contribution in [0.2, 0.25) is 0 Å². The van der Waals surface area contributed by atoms with Gasteiger partial charge in [0.25, 0.3) is 0 Å². The highest BCUT2D eigenvalue weighted by molar-refractivity contribution is 4.81. The Bertz CT molecular complexity index is 153. The van der Waals surface area contributed by atoms with Crippen molar-refractivity contribution < 1.29 is 0 Å². The average molecular weight is 197 g/mol. The molecule has 0 heterocycles. The van der Waals surface area contributed by atoms with Gasteiger partial charge in [0.15, 0.2) is 0 Å². The smallest absolute Gasteiger partial charge is 0.00668 e. The van der Waals surface area contributed by atoms with E-state index >= 15 is 0 Å². The lowest BCUT2D eigenvalue weighted by Gasteiger charge is -2.36. The quantitative estimate of drug-likeness (QED) is 0.728. The molecule has 3 atom stereocenters. The number of hydrogen-bond acceptors (Lipinski definition) is 1. The van der Waals surface area contributed by atoms with E-state index in [1.165, 1.54) is 32.1 Å². The zero-order chi connectivity index (χ0) is 10.6. The van der Waals surface area contributed by atoms with Gasteiger partial charge in [-0.2, -0.15) is 0 Å². The molecule has 3 unspecified atom stereocenters. The van der Waals surface area contributed by atoms with Gasteiger partial charge < -0.3 is 5.32 Å². The van der Waals surface area contributed by atoms with E-state index in [4.69, 9.17) is 0 Å². The highest BCUT2D eigenvalue weighted by atomic mass is 14.9. The fraction of sp³-hybridized carbons (Fsp3) is 1.00. The molecule has 0 bridgehead atoms. The Kier molecular flexibility index (Phi) is 4.94. The van der Waals surface area contributed by atoms with E-state index in [9.17, 15) is 0 Å². The van der Waals surface area contributed by atoms with Crippen molar-refractivity contribution in [3.05, 3.63) is 0 Å². The van der Waals surface area contributed by atoms with Crippen molar-refractivity contribution in [1.82, 2.24) is 5.32 Å². The van der Waals surface area contributed by atoms with E-state index in [1.807, 2.05) is 0 Å². The van der Waals surface area contributed by atoms with Crippen LogP contribution in [0.4, 0.5) is 0 Å². The molecule has 1 heteroatoms. The first-order valence-electron chi connectivity index (χ1n) is 6.36. The first-order chi connectivity index (χ1) is 6.69. The van der Waals surface area contributed by atoms with Gasteiger partial charge in [-0.3, -0.25) is 0 Å². The molecule has 0 aliphatic heterocycles. The van der Waals surface area contributed by atoms with Crippen LogP contribution in [0.15, 0.2) is 0 Å². The molecule has 1 aliphatic rings. The minimum Gasteiger partial charge on any atom is -0.317 e. The molecule has 1 nitrogen and oxygen atoms in total. The molecule has 84 valence electrons. The molecular weight excluding hydrogens is 170 g/mol. The Morgan fingerprint density at radius 1 is 1.29 bits per heavy atom. The second kappa shape index (κ2) is 5.75. The maximum Gasteiger partial charge on any atom is 0.00668 e. The van der Waals surface area contributed by atoms with Crippen LogP contribution in [-0.4, -0.2) is 13.1 Å². The van der Waals surface area contributed by atoms with Crippen LogP contribution < -0.4 is 5.32 Å². The molecule has 1 saturated carbocycles.